The van der Waals surface area contributed by atoms with E-state index in [1.54, 1.807) is 42.8 Å². The van der Waals surface area contributed by atoms with E-state index in [4.69, 9.17) is 13.8 Å². The molecule has 1 heterocycles. The molecule has 140 valence electrons. The molecule has 9 heteroatoms. The zero-order valence-electron chi connectivity index (χ0n) is 14.5. The van der Waals surface area contributed by atoms with Gasteiger partial charge in [-0.1, -0.05) is 15.9 Å². The van der Waals surface area contributed by atoms with E-state index in [0.717, 1.165) is 21.7 Å². The number of Topliss-reactive ketones (excluding diaryl/α,β-unsaturated/α-hetero) is 1. The van der Waals surface area contributed by atoms with E-state index in [2.05, 4.69) is 20.9 Å². The van der Waals surface area contributed by atoms with E-state index < -0.39 is 7.60 Å². The zero-order chi connectivity index (χ0) is 18.7. The predicted molar refractivity (Wildman–Crippen MR) is 105 cm³/mol. The molecule has 0 spiro atoms. The number of rotatable bonds is 9. The van der Waals surface area contributed by atoms with Gasteiger partial charge in [0.15, 0.2) is 12.1 Å². The van der Waals surface area contributed by atoms with E-state index in [9.17, 15) is 9.36 Å². The number of hydrogen-bond donors (Lipinski definition) is 0. The highest BCUT2D eigenvalue weighted by Gasteiger charge is 2.31. The van der Waals surface area contributed by atoms with Crippen molar-refractivity contribution in [2.24, 2.45) is 0 Å². The van der Waals surface area contributed by atoms with E-state index >= 15 is 0 Å². The standard InChI is InChI=1S/C17H19BrNO5PS/c1-3-23-25(21,24-4-2)10-22-14-6-5-11(13(20)8-18)12-7-15-17(16(12)14)19-9-26-15/h5-6,9H,3-4,7-8,10H2,1-2H3. The van der Waals surface area contributed by atoms with Crippen molar-refractivity contribution in [3.63, 3.8) is 0 Å². The van der Waals surface area contributed by atoms with Gasteiger partial charge in [-0.25, -0.2) is 4.98 Å². The van der Waals surface area contributed by atoms with Gasteiger partial charge in [0.05, 0.1) is 29.7 Å². The first-order chi connectivity index (χ1) is 12.5. The van der Waals surface area contributed by atoms with Gasteiger partial charge in [0.25, 0.3) is 0 Å². The number of ether oxygens (including phenoxy) is 1. The fourth-order valence-electron chi connectivity index (χ4n) is 2.94. The Morgan fingerprint density at radius 2 is 2.04 bits per heavy atom. The normalized spacial score (nSPS) is 12.7. The number of thiazole rings is 1. The van der Waals surface area contributed by atoms with E-state index in [1.807, 2.05) is 0 Å². The van der Waals surface area contributed by atoms with Crippen molar-refractivity contribution in [1.82, 2.24) is 4.98 Å². The van der Waals surface area contributed by atoms with Crippen molar-refractivity contribution in [3.8, 4) is 17.0 Å². The third kappa shape index (κ3) is 3.80. The maximum atomic E-state index is 12.7. The molecule has 0 N–H and O–H groups in total. The topological polar surface area (TPSA) is 74.7 Å². The molecule has 0 bridgehead atoms. The van der Waals surface area contributed by atoms with E-state index in [-0.39, 0.29) is 30.7 Å². The Kier molecular flexibility index (Phi) is 6.30. The number of benzene rings is 1. The molecule has 1 aliphatic rings. The van der Waals surface area contributed by atoms with Crippen LogP contribution in [0.3, 0.4) is 0 Å². The van der Waals surface area contributed by atoms with Crippen molar-refractivity contribution < 1.29 is 23.1 Å². The van der Waals surface area contributed by atoms with Crippen LogP contribution in [0.4, 0.5) is 0 Å². The maximum absolute atomic E-state index is 12.7. The van der Waals surface area contributed by atoms with Crippen LogP contribution in [0, 0.1) is 0 Å². The second-order valence-electron chi connectivity index (χ2n) is 5.54. The minimum absolute atomic E-state index is 0.0113. The first kappa shape index (κ1) is 19.7. The highest BCUT2D eigenvalue weighted by atomic mass is 79.9. The number of carbonyl (C=O) groups is 1. The SMILES string of the molecule is CCOP(=O)(COc1ccc(C(=O)CBr)c2c1-c1ncsc1C2)OCC. The number of alkyl halides is 1. The maximum Gasteiger partial charge on any atom is 0.367 e. The van der Waals surface area contributed by atoms with Crippen molar-refractivity contribution in [3.05, 3.63) is 33.6 Å². The Bertz CT molecular complexity index is 859. The number of nitrogens with zero attached hydrogens (tertiary/aromatic N) is 1. The molecule has 1 aromatic carbocycles. The van der Waals surface area contributed by atoms with Crippen LogP contribution in [0.1, 0.15) is 34.6 Å². The molecular weight excluding hydrogens is 441 g/mol. The molecule has 1 aliphatic carbocycles. The van der Waals surface area contributed by atoms with Gasteiger partial charge in [0, 0.05) is 22.4 Å². The Labute approximate surface area is 164 Å². The summed E-state index contributed by atoms with van der Waals surface area (Å²) >= 11 is 4.78. The minimum Gasteiger partial charge on any atom is -0.480 e. The molecule has 0 saturated heterocycles. The number of carbonyl (C=O) groups excluding carboxylic acids is 1. The third-order valence-corrected chi connectivity index (χ3v) is 7.03. The molecule has 0 atom stereocenters. The molecule has 26 heavy (non-hydrogen) atoms. The van der Waals surface area contributed by atoms with Crippen LogP contribution in [-0.4, -0.2) is 35.7 Å². The van der Waals surface area contributed by atoms with Gasteiger partial charge in [-0.3, -0.25) is 9.36 Å². The summed E-state index contributed by atoms with van der Waals surface area (Å²) in [5.41, 5.74) is 4.97. The molecule has 1 aromatic heterocycles. The second kappa shape index (κ2) is 8.31. The lowest BCUT2D eigenvalue weighted by molar-refractivity contribution is 0.102. The van der Waals surface area contributed by atoms with Crippen molar-refractivity contribution in [2.75, 3.05) is 24.9 Å². The Hall–Kier alpha value is -1.05. The summed E-state index contributed by atoms with van der Waals surface area (Å²) in [4.78, 5) is 17.8. The second-order valence-corrected chi connectivity index (χ2v) is 9.04. The molecule has 0 amide bonds. The van der Waals surface area contributed by atoms with Crippen molar-refractivity contribution >= 4 is 40.6 Å². The van der Waals surface area contributed by atoms with E-state index in [1.165, 1.54) is 0 Å². The molecular formula is C17H19BrNO5PS. The summed E-state index contributed by atoms with van der Waals surface area (Å²) in [5, 5.41) is 0.255. The lowest BCUT2D eigenvalue weighted by atomic mass is 9.99. The predicted octanol–water partition coefficient (Wildman–Crippen LogP) is 4.89. The van der Waals surface area contributed by atoms with E-state index in [0.29, 0.717) is 17.7 Å². The average Bonchev–Trinajstić information content (AvgIpc) is 3.20. The summed E-state index contributed by atoms with van der Waals surface area (Å²) in [7, 11) is -3.33. The van der Waals surface area contributed by atoms with Crippen LogP contribution >= 0.6 is 34.9 Å². The van der Waals surface area contributed by atoms with Crippen LogP contribution in [0.5, 0.6) is 5.75 Å². The summed E-state index contributed by atoms with van der Waals surface area (Å²) in [6.07, 6.45) is 0.460. The number of halogens is 1. The highest BCUT2D eigenvalue weighted by Crippen LogP contribution is 2.50. The molecule has 6 nitrogen and oxygen atoms in total. The third-order valence-electron chi connectivity index (χ3n) is 3.94. The first-order valence-electron chi connectivity index (χ1n) is 8.21. The number of fused-ring (bicyclic) bond motifs is 3. The quantitative estimate of drug-likeness (QED) is 0.257. The molecule has 0 aliphatic heterocycles. The first-order valence-corrected chi connectivity index (χ1v) is 11.9. The van der Waals surface area contributed by atoms with Gasteiger partial charge in [0.2, 0.25) is 0 Å². The van der Waals surface area contributed by atoms with Gasteiger partial charge in [-0.05, 0) is 31.5 Å². The van der Waals surface area contributed by atoms with Gasteiger partial charge >= 0.3 is 7.60 Å². The Balaban J connectivity index is 1.96. The van der Waals surface area contributed by atoms with Crippen LogP contribution < -0.4 is 4.74 Å². The van der Waals surface area contributed by atoms with Gasteiger partial charge in [0.1, 0.15) is 5.75 Å². The van der Waals surface area contributed by atoms with Crippen LogP contribution in [0.2, 0.25) is 0 Å². The van der Waals surface area contributed by atoms with Gasteiger partial charge < -0.3 is 13.8 Å². The van der Waals surface area contributed by atoms with Gasteiger partial charge in [-0.15, -0.1) is 11.3 Å². The average molecular weight is 460 g/mol. The molecule has 0 saturated carbocycles. The molecule has 0 unspecified atom stereocenters. The molecule has 2 aromatic rings. The number of ketones is 1. The molecule has 0 fully saturated rings. The van der Waals surface area contributed by atoms with Crippen molar-refractivity contribution in [2.45, 2.75) is 20.3 Å². The largest absolute Gasteiger partial charge is 0.480 e. The number of aromatic nitrogens is 1. The number of hydrogen-bond acceptors (Lipinski definition) is 7. The minimum atomic E-state index is -3.33. The smallest absolute Gasteiger partial charge is 0.367 e. The fraction of sp³-hybridized carbons (Fsp3) is 0.412. The molecule has 3 rings (SSSR count). The monoisotopic (exact) mass is 459 g/mol. The highest BCUT2D eigenvalue weighted by molar-refractivity contribution is 9.09. The lowest BCUT2D eigenvalue weighted by Gasteiger charge is -2.19. The van der Waals surface area contributed by atoms with Crippen LogP contribution in [-0.2, 0) is 20.0 Å². The summed E-state index contributed by atoms with van der Waals surface area (Å²) in [6.45, 7) is 4.05. The lowest BCUT2D eigenvalue weighted by Crippen LogP contribution is -2.08. The van der Waals surface area contributed by atoms with Gasteiger partial charge in [-0.2, -0.15) is 0 Å². The summed E-state index contributed by atoms with van der Waals surface area (Å²) < 4.78 is 29.1. The van der Waals surface area contributed by atoms with Crippen LogP contribution in [0.15, 0.2) is 17.6 Å². The van der Waals surface area contributed by atoms with Crippen LogP contribution in [0.25, 0.3) is 11.3 Å². The summed E-state index contributed by atoms with van der Waals surface area (Å²) in [6, 6.07) is 3.48. The fourth-order valence-corrected chi connectivity index (χ4v) is 5.33. The van der Waals surface area contributed by atoms with Crippen molar-refractivity contribution in [1.29, 1.82) is 0 Å². The Morgan fingerprint density at radius 3 is 2.69 bits per heavy atom. The summed E-state index contributed by atoms with van der Waals surface area (Å²) in [5.74, 6) is 0.549. The molecule has 0 radical (unpaired) electrons. The Morgan fingerprint density at radius 1 is 1.31 bits per heavy atom. The zero-order valence-corrected chi connectivity index (χ0v) is 17.8.